The molecule has 0 saturated heterocycles. The first-order valence-electron chi connectivity index (χ1n) is 7.11. The van der Waals surface area contributed by atoms with Gasteiger partial charge in [-0.3, -0.25) is 0 Å². The van der Waals surface area contributed by atoms with Gasteiger partial charge in [0.1, 0.15) is 6.04 Å². The van der Waals surface area contributed by atoms with Gasteiger partial charge < -0.3 is 20.5 Å². The van der Waals surface area contributed by atoms with Crippen LogP contribution in [0.15, 0.2) is 0 Å². The molecule has 6 heteroatoms. The second-order valence-corrected chi connectivity index (χ2v) is 6.23. The smallest absolute Gasteiger partial charge is 0.326 e. The Morgan fingerprint density at radius 1 is 1.40 bits per heavy atom. The van der Waals surface area contributed by atoms with Crippen LogP contribution in [-0.4, -0.2) is 41.9 Å². The van der Waals surface area contributed by atoms with Gasteiger partial charge in [0.15, 0.2) is 0 Å². The number of ether oxygens (including phenoxy) is 1. The number of carboxylic acid groups (broad SMARTS) is 1. The van der Waals surface area contributed by atoms with E-state index in [0.717, 1.165) is 6.42 Å². The molecule has 20 heavy (non-hydrogen) atoms. The van der Waals surface area contributed by atoms with Crippen LogP contribution >= 0.6 is 0 Å². The Kier molecular flexibility index (Phi) is 5.39. The van der Waals surface area contributed by atoms with Crippen LogP contribution in [-0.2, 0) is 9.53 Å². The molecule has 0 aromatic carbocycles. The van der Waals surface area contributed by atoms with Gasteiger partial charge in [0.2, 0.25) is 0 Å². The molecule has 0 heterocycles. The number of hydrogen-bond acceptors (Lipinski definition) is 3. The van der Waals surface area contributed by atoms with E-state index in [9.17, 15) is 9.59 Å². The zero-order chi connectivity index (χ0) is 15.5. The van der Waals surface area contributed by atoms with Gasteiger partial charge in [-0.05, 0) is 19.3 Å². The van der Waals surface area contributed by atoms with Crippen LogP contribution in [0.5, 0.6) is 0 Å². The molecule has 1 aliphatic carbocycles. The zero-order valence-electron chi connectivity index (χ0n) is 12.9. The maximum Gasteiger partial charge on any atom is 0.326 e. The fourth-order valence-corrected chi connectivity index (χ4v) is 2.47. The van der Waals surface area contributed by atoms with E-state index in [-0.39, 0.29) is 23.5 Å². The van der Waals surface area contributed by atoms with Crippen molar-refractivity contribution in [1.82, 2.24) is 10.6 Å². The third-order valence-electron chi connectivity index (χ3n) is 4.07. The van der Waals surface area contributed by atoms with E-state index in [1.807, 2.05) is 20.8 Å². The number of carbonyl (C=O) groups excluding carboxylic acids is 1. The van der Waals surface area contributed by atoms with Crippen LogP contribution in [0.1, 0.15) is 41.0 Å². The molecule has 2 amide bonds. The van der Waals surface area contributed by atoms with E-state index in [2.05, 4.69) is 10.6 Å². The van der Waals surface area contributed by atoms with Crippen molar-refractivity contribution in [1.29, 1.82) is 0 Å². The van der Waals surface area contributed by atoms with E-state index in [1.54, 1.807) is 13.8 Å². The summed E-state index contributed by atoms with van der Waals surface area (Å²) in [5.41, 5.74) is -0.135. The quantitative estimate of drug-likeness (QED) is 0.692. The Labute approximate surface area is 120 Å². The van der Waals surface area contributed by atoms with Gasteiger partial charge in [0.25, 0.3) is 0 Å². The molecule has 3 N–H and O–H groups in total. The third-order valence-corrected chi connectivity index (χ3v) is 4.07. The molecule has 1 rings (SSSR count). The highest BCUT2D eigenvalue weighted by Gasteiger charge is 2.49. The number of hydrogen-bond donors (Lipinski definition) is 3. The topological polar surface area (TPSA) is 87.7 Å². The molecule has 0 bridgehead atoms. The Morgan fingerprint density at radius 2 is 2.00 bits per heavy atom. The summed E-state index contributed by atoms with van der Waals surface area (Å²) in [6, 6.07) is -1.30. The molecule has 0 aromatic rings. The summed E-state index contributed by atoms with van der Waals surface area (Å²) in [5, 5.41) is 14.4. The van der Waals surface area contributed by atoms with Crippen molar-refractivity contribution in [3.8, 4) is 0 Å². The summed E-state index contributed by atoms with van der Waals surface area (Å²) in [4.78, 5) is 22.9. The Hall–Kier alpha value is -1.30. The number of aliphatic carboxylic acids is 1. The van der Waals surface area contributed by atoms with Crippen molar-refractivity contribution < 1.29 is 19.4 Å². The lowest BCUT2D eigenvalue weighted by atomic mass is 9.64. The molecule has 1 aliphatic rings. The fraction of sp³-hybridized carbons (Fsp3) is 0.857. The Morgan fingerprint density at radius 3 is 2.40 bits per heavy atom. The summed E-state index contributed by atoms with van der Waals surface area (Å²) in [6.07, 6.45) is 0.895. The van der Waals surface area contributed by atoms with Gasteiger partial charge in [-0.1, -0.05) is 27.7 Å². The third kappa shape index (κ3) is 3.62. The van der Waals surface area contributed by atoms with Crippen LogP contribution in [0.25, 0.3) is 0 Å². The lowest BCUT2D eigenvalue weighted by molar-refractivity contribution is -0.140. The van der Waals surface area contributed by atoms with Crippen LogP contribution < -0.4 is 10.6 Å². The van der Waals surface area contributed by atoms with Crippen LogP contribution in [0.2, 0.25) is 0 Å². The molecule has 0 radical (unpaired) electrons. The number of rotatable bonds is 6. The van der Waals surface area contributed by atoms with E-state index < -0.39 is 18.0 Å². The lowest BCUT2D eigenvalue weighted by Gasteiger charge is -2.51. The molecule has 2 unspecified atom stereocenters. The summed E-state index contributed by atoms with van der Waals surface area (Å²) in [6.45, 7) is 10.2. The van der Waals surface area contributed by atoms with E-state index in [0.29, 0.717) is 6.61 Å². The SMILES string of the molecule is CCOC1CC(NC(=O)N[C@@H](C(=O)O)C(C)C)C1(C)C. The first-order valence-corrected chi connectivity index (χ1v) is 7.11. The van der Waals surface area contributed by atoms with Crippen molar-refractivity contribution in [2.45, 2.75) is 59.2 Å². The minimum absolute atomic E-state index is 0.000608. The molecule has 1 fully saturated rings. The predicted molar refractivity (Wildman–Crippen MR) is 75.5 cm³/mol. The van der Waals surface area contributed by atoms with E-state index in [1.165, 1.54) is 0 Å². The minimum atomic E-state index is -1.02. The van der Waals surface area contributed by atoms with Crippen molar-refractivity contribution in [2.75, 3.05) is 6.61 Å². The fourth-order valence-electron chi connectivity index (χ4n) is 2.47. The van der Waals surface area contributed by atoms with Gasteiger partial charge in [-0.15, -0.1) is 0 Å². The second-order valence-electron chi connectivity index (χ2n) is 6.23. The maximum atomic E-state index is 11.9. The first-order chi connectivity index (χ1) is 9.20. The highest BCUT2D eigenvalue weighted by Crippen LogP contribution is 2.42. The largest absolute Gasteiger partial charge is 0.480 e. The molecule has 0 aromatic heterocycles. The molecule has 3 atom stereocenters. The summed E-state index contributed by atoms with van der Waals surface area (Å²) in [7, 11) is 0. The van der Waals surface area contributed by atoms with Crippen LogP contribution in [0.4, 0.5) is 4.79 Å². The van der Waals surface area contributed by atoms with E-state index >= 15 is 0 Å². The standard InChI is InChI=1S/C14H26N2O4/c1-6-20-10-7-9(14(10,4)5)15-13(19)16-11(8(2)3)12(17)18/h8-11H,6-7H2,1-5H3,(H,17,18)(H2,15,16,19)/t9?,10?,11-/m1/s1. The maximum absolute atomic E-state index is 11.9. The second kappa shape index (κ2) is 6.43. The van der Waals surface area contributed by atoms with Crippen molar-refractivity contribution >= 4 is 12.0 Å². The van der Waals surface area contributed by atoms with Crippen LogP contribution in [0, 0.1) is 11.3 Å². The zero-order valence-corrected chi connectivity index (χ0v) is 12.9. The first kappa shape index (κ1) is 16.8. The minimum Gasteiger partial charge on any atom is -0.480 e. The average Bonchev–Trinajstić information content (AvgIpc) is 2.34. The average molecular weight is 286 g/mol. The molecule has 1 saturated carbocycles. The monoisotopic (exact) mass is 286 g/mol. The number of carbonyl (C=O) groups is 2. The van der Waals surface area contributed by atoms with E-state index in [4.69, 9.17) is 9.84 Å². The molecular weight excluding hydrogens is 260 g/mol. The van der Waals surface area contributed by atoms with Crippen molar-refractivity contribution in [3.63, 3.8) is 0 Å². The van der Waals surface area contributed by atoms with Gasteiger partial charge >= 0.3 is 12.0 Å². The Bertz CT molecular complexity index is 368. The lowest BCUT2D eigenvalue weighted by Crippen LogP contribution is -2.64. The highest BCUT2D eigenvalue weighted by atomic mass is 16.5. The number of urea groups is 1. The van der Waals surface area contributed by atoms with Crippen LogP contribution in [0.3, 0.4) is 0 Å². The normalized spacial score (nSPS) is 25.7. The van der Waals surface area contributed by atoms with Crippen molar-refractivity contribution in [3.05, 3.63) is 0 Å². The summed E-state index contributed by atoms with van der Waals surface area (Å²) >= 11 is 0. The summed E-state index contributed by atoms with van der Waals surface area (Å²) < 4.78 is 5.60. The molecule has 0 spiro atoms. The Balaban J connectivity index is 2.50. The number of carboxylic acids is 1. The predicted octanol–water partition coefficient (Wildman–Crippen LogP) is 1.60. The number of nitrogens with one attached hydrogen (secondary N) is 2. The highest BCUT2D eigenvalue weighted by molar-refractivity contribution is 5.82. The van der Waals surface area contributed by atoms with Crippen molar-refractivity contribution in [2.24, 2.45) is 11.3 Å². The van der Waals surface area contributed by atoms with Gasteiger partial charge in [0.05, 0.1) is 6.10 Å². The molecule has 0 aliphatic heterocycles. The van der Waals surface area contributed by atoms with Gasteiger partial charge in [-0.2, -0.15) is 0 Å². The molecule has 116 valence electrons. The molecular formula is C14H26N2O4. The summed E-state index contributed by atoms with van der Waals surface area (Å²) in [5.74, 6) is -1.18. The number of amides is 2. The van der Waals surface area contributed by atoms with Gasteiger partial charge in [0, 0.05) is 18.1 Å². The molecule has 6 nitrogen and oxygen atoms in total. The van der Waals surface area contributed by atoms with Gasteiger partial charge in [-0.25, -0.2) is 9.59 Å².